The number of ether oxygens (including phenoxy) is 1. The third-order valence-electron chi connectivity index (χ3n) is 2.07. The van der Waals surface area contributed by atoms with Crippen molar-refractivity contribution in [1.29, 1.82) is 0 Å². The van der Waals surface area contributed by atoms with Gasteiger partial charge in [-0.2, -0.15) is 0 Å². The molecule has 0 atom stereocenters. The van der Waals surface area contributed by atoms with Gasteiger partial charge in [-0.25, -0.2) is 4.98 Å². The Hall–Kier alpha value is -0.650. The zero-order valence-electron chi connectivity index (χ0n) is 10.7. The molecule has 0 aromatic carbocycles. The molecule has 1 aromatic rings. The molecule has 1 rings (SSSR count). The fourth-order valence-electron chi connectivity index (χ4n) is 1.27. The van der Waals surface area contributed by atoms with Gasteiger partial charge in [0, 0.05) is 18.5 Å². The largest absolute Gasteiger partial charge is 0.379 e. The second-order valence-corrected chi connectivity index (χ2v) is 5.57. The van der Waals surface area contributed by atoms with Crippen LogP contribution in [0.1, 0.15) is 24.5 Å². The number of carbonyl (C=O) groups is 1. The van der Waals surface area contributed by atoms with Crippen molar-refractivity contribution in [3.63, 3.8) is 0 Å². The van der Waals surface area contributed by atoms with Gasteiger partial charge < -0.3 is 10.1 Å². The van der Waals surface area contributed by atoms with Crippen LogP contribution < -0.4 is 5.32 Å². The monoisotopic (exact) mass is 290 g/mol. The fraction of sp³-hybridized carbons (Fsp3) is 0.667. The highest BCUT2D eigenvalue weighted by Crippen LogP contribution is 2.11. The summed E-state index contributed by atoms with van der Waals surface area (Å²) in [6, 6.07) is 0. The highest BCUT2D eigenvalue weighted by Gasteiger charge is 2.07. The Kier molecular flexibility index (Phi) is 7.23. The van der Waals surface area contributed by atoms with Crippen LogP contribution in [0, 0.1) is 5.92 Å². The number of halogens is 1. The van der Waals surface area contributed by atoms with Gasteiger partial charge in [0.25, 0.3) is 0 Å². The molecule has 0 unspecified atom stereocenters. The summed E-state index contributed by atoms with van der Waals surface area (Å²) in [7, 11) is 0. The smallest absolute Gasteiger partial charge is 0.226 e. The van der Waals surface area contributed by atoms with Crippen LogP contribution in [0.3, 0.4) is 0 Å². The third-order valence-corrected chi connectivity index (χ3v) is 3.24. The average molecular weight is 291 g/mol. The Morgan fingerprint density at radius 3 is 3.00 bits per heavy atom. The van der Waals surface area contributed by atoms with Crippen molar-refractivity contribution < 1.29 is 9.53 Å². The number of alkyl halides is 1. The minimum atomic E-state index is -0.0291. The molecule has 0 saturated carbocycles. The summed E-state index contributed by atoms with van der Waals surface area (Å²) in [5.74, 6) is 0.879. The molecule has 0 aliphatic heterocycles. The van der Waals surface area contributed by atoms with Crippen LogP contribution in [0.5, 0.6) is 0 Å². The second kappa shape index (κ2) is 8.45. The van der Waals surface area contributed by atoms with E-state index in [-0.39, 0.29) is 5.91 Å². The summed E-state index contributed by atoms with van der Waals surface area (Å²) in [4.78, 5) is 15.8. The van der Waals surface area contributed by atoms with E-state index in [4.69, 9.17) is 16.3 Å². The Bertz CT molecular complexity index is 369. The maximum atomic E-state index is 11.6. The van der Waals surface area contributed by atoms with Gasteiger partial charge >= 0.3 is 0 Å². The van der Waals surface area contributed by atoms with Crippen molar-refractivity contribution in [3.05, 3.63) is 16.1 Å². The maximum Gasteiger partial charge on any atom is 0.226 e. The van der Waals surface area contributed by atoms with Crippen molar-refractivity contribution in [2.24, 2.45) is 5.92 Å². The van der Waals surface area contributed by atoms with Crippen LogP contribution in [-0.4, -0.2) is 30.6 Å². The predicted molar refractivity (Wildman–Crippen MR) is 74.0 cm³/mol. The van der Waals surface area contributed by atoms with Crippen molar-refractivity contribution in [2.45, 2.75) is 26.1 Å². The molecule has 1 heterocycles. The number of rotatable bonds is 8. The molecule has 4 nitrogen and oxygen atoms in total. The average Bonchev–Trinajstić information content (AvgIpc) is 2.76. The van der Waals surface area contributed by atoms with Crippen LogP contribution in [-0.2, 0) is 21.8 Å². The standard InChI is InChI=1S/C12H19ClN2O2S/c1-9(2)7-17-4-3-14-11(16)5-12-15-10(6-13)8-18-12/h8-9H,3-7H2,1-2H3,(H,14,16). The molecular weight excluding hydrogens is 272 g/mol. The number of hydrogen-bond acceptors (Lipinski definition) is 4. The van der Waals surface area contributed by atoms with Gasteiger partial charge in [0.2, 0.25) is 5.91 Å². The first kappa shape index (κ1) is 15.4. The highest BCUT2D eigenvalue weighted by molar-refractivity contribution is 7.09. The lowest BCUT2D eigenvalue weighted by Crippen LogP contribution is -2.29. The van der Waals surface area contributed by atoms with Crippen LogP contribution in [0.4, 0.5) is 0 Å². The first-order valence-electron chi connectivity index (χ1n) is 5.95. The molecule has 1 N–H and O–H groups in total. The molecule has 0 aliphatic carbocycles. The van der Waals surface area contributed by atoms with E-state index < -0.39 is 0 Å². The minimum Gasteiger partial charge on any atom is -0.379 e. The Morgan fingerprint density at radius 1 is 1.61 bits per heavy atom. The van der Waals surface area contributed by atoms with Gasteiger partial charge in [0.05, 0.1) is 24.6 Å². The minimum absolute atomic E-state index is 0.0291. The predicted octanol–water partition coefficient (Wildman–Crippen LogP) is 2.21. The first-order valence-corrected chi connectivity index (χ1v) is 7.37. The Morgan fingerprint density at radius 2 is 2.39 bits per heavy atom. The quantitative estimate of drug-likeness (QED) is 0.590. The van der Waals surface area contributed by atoms with Gasteiger partial charge in [0.15, 0.2) is 0 Å². The molecule has 0 fully saturated rings. The fourth-order valence-corrected chi connectivity index (χ4v) is 2.29. The summed E-state index contributed by atoms with van der Waals surface area (Å²) < 4.78 is 5.37. The van der Waals surface area contributed by atoms with Gasteiger partial charge in [-0.05, 0) is 5.92 Å². The van der Waals surface area contributed by atoms with E-state index in [1.165, 1.54) is 11.3 Å². The number of hydrogen-bond donors (Lipinski definition) is 1. The van der Waals surface area contributed by atoms with Crippen molar-refractivity contribution in [2.75, 3.05) is 19.8 Å². The van der Waals surface area contributed by atoms with E-state index in [2.05, 4.69) is 24.1 Å². The molecular formula is C12H19ClN2O2S. The molecule has 6 heteroatoms. The Labute approximate surface area is 117 Å². The summed E-state index contributed by atoms with van der Waals surface area (Å²) in [6.45, 7) is 6.00. The maximum absolute atomic E-state index is 11.6. The first-order chi connectivity index (χ1) is 8.61. The van der Waals surface area contributed by atoms with Crippen LogP contribution in [0.25, 0.3) is 0 Å². The Balaban J connectivity index is 2.13. The highest BCUT2D eigenvalue weighted by atomic mass is 35.5. The zero-order valence-corrected chi connectivity index (χ0v) is 12.3. The van der Waals surface area contributed by atoms with Crippen LogP contribution >= 0.6 is 22.9 Å². The lowest BCUT2D eigenvalue weighted by Gasteiger charge is -2.07. The number of nitrogens with zero attached hydrogens (tertiary/aromatic N) is 1. The molecule has 0 saturated heterocycles. The molecule has 1 amide bonds. The van der Waals surface area contributed by atoms with E-state index >= 15 is 0 Å². The molecule has 0 bridgehead atoms. The summed E-state index contributed by atoms with van der Waals surface area (Å²) in [5, 5.41) is 5.48. The van der Waals surface area contributed by atoms with E-state index in [0.717, 1.165) is 17.3 Å². The van der Waals surface area contributed by atoms with Crippen LogP contribution in [0.15, 0.2) is 5.38 Å². The molecule has 0 aliphatic rings. The molecule has 102 valence electrons. The molecule has 0 spiro atoms. The van der Waals surface area contributed by atoms with Gasteiger partial charge in [-0.1, -0.05) is 13.8 Å². The lowest BCUT2D eigenvalue weighted by atomic mass is 10.2. The molecule has 18 heavy (non-hydrogen) atoms. The van der Waals surface area contributed by atoms with Crippen molar-refractivity contribution in [1.82, 2.24) is 10.3 Å². The zero-order chi connectivity index (χ0) is 13.4. The summed E-state index contributed by atoms with van der Waals surface area (Å²) >= 11 is 7.11. The summed E-state index contributed by atoms with van der Waals surface area (Å²) in [6.07, 6.45) is 0.311. The number of thiazole rings is 1. The van der Waals surface area contributed by atoms with E-state index in [9.17, 15) is 4.79 Å². The summed E-state index contributed by atoms with van der Waals surface area (Å²) in [5.41, 5.74) is 0.824. The lowest BCUT2D eigenvalue weighted by molar-refractivity contribution is -0.120. The van der Waals surface area contributed by atoms with E-state index in [1.807, 2.05) is 5.38 Å². The van der Waals surface area contributed by atoms with Crippen molar-refractivity contribution >= 4 is 28.8 Å². The molecule has 1 aromatic heterocycles. The number of amides is 1. The normalized spacial score (nSPS) is 10.9. The van der Waals surface area contributed by atoms with Crippen LogP contribution in [0.2, 0.25) is 0 Å². The third kappa shape index (κ3) is 6.33. The van der Waals surface area contributed by atoms with Crippen molar-refractivity contribution in [3.8, 4) is 0 Å². The van der Waals surface area contributed by atoms with Gasteiger partial charge in [-0.3, -0.25) is 4.79 Å². The van der Waals surface area contributed by atoms with Gasteiger partial charge in [-0.15, -0.1) is 22.9 Å². The van der Waals surface area contributed by atoms with E-state index in [1.54, 1.807) is 0 Å². The second-order valence-electron chi connectivity index (χ2n) is 4.36. The number of aromatic nitrogens is 1. The number of carbonyl (C=O) groups excluding carboxylic acids is 1. The molecule has 0 radical (unpaired) electrons. The van der Waals surface area contributed by atoms with Gasteiger partial charge in [0.1, 0.15) is 5.01 Å². The number of nitrogens with one attached hydrogen (secondary N) is 1. The topological polar surface area (TPSA) is 51.2 Å². The SMILES string of the molecule is CC(C)COCCNC(=O)Cc1nc(CCl)cs1. The van der Waals surface area contributed by atoms with E-state index in [0.29, 0.717) is 31.4 Å².